The first-order chi connectivity index (χ1) is 7.92. The summed E-state index contributed by atoms with van der Waals surface area (Å²) >= 11 is 0. The number of sulfonamides is 1. The van der Waals surface area contributed by atoms with E-state index in [4.69, 9.17) is 0 Å². The van der Waals surface area contributed by atoms with Gasteiger partial charge in [0.05, 0.1) is 6.26 Å². The first-order valence-electron chi connectivity index (χ1n) is 5.86. The summed E-state index contributed by atoms with van der Waals surface area (Å²) in [5, 5.41) is 10.7. The molecular weight excluding hydrogens is 254 g/mol. The van der Waals surface area contributed by atoms with E-state index in [1.165, 1.54) is 4.90 Å². The van der Waals surface area contributed by atoms with E-state index in [0.29, 0.717) is 6.54 Å². The van der Waals surface area contributed by atoms with Crippen LogP contribution in [0.4, 0.5) is 0 Å². The van der Waals surface area contributed by atoms with Gasteiger partial charge in [0.15, 0.2) is 0 Å². The molecule has 0 unspecified atom stereocenters. The van der Waals surface area contributed by atoms with Crippen molar-refractivity contribution in [2.24, 2.45) is 9.81 Å². The summed E-state index contributed by atoms with van der Waals surface area (Å²) in [6.45, 7) is 6.70. The maximum absolute atomic E-state index is 11.1. The molecule has 108 valence electrons. The van der Waals surface area contributed by atoms with Crippen molar-refractivity contribution in [2.45, 2.75) is 33.6 Å². The molecule has 0 aromatic rings. The quantitative estimate of drug-likeness (QED) is 0.478. The Labute approximate surface area is 110 Å². The SMILES string of the molecule is CN(C)/C(=N\S(C)(=O)=O)N(O)CCCC(C)(C)C. The molecule has 0 aromatic carbocycles. The smallest absolute Gasteiger partial charge is 0.253 e. The standard InChI is InChI=1S/C11H25N3O3S/c1-11(2,3)8-7-9-14(15)10(13(4)5)12-18(6,16)17/h15H,7-9H2,1-6H3/b12-10+. The number of nitrogens with zero attached hydrogens (tertiary/aromatic N) is 3. The van der Waals surface area contributed by atoms with Crippen LogP contribution in [0.25, 0.3) is 0 Å². The largest absolute Gasteiger partial charge is 0.346 e. The van der Waals surface area contributed by atoms with Gasteiger partial charge in [0.2, 0.25) is 5.96 Å². The second-order valence-corrected chi connectivity index (χ2v) is 7.45. The van der Waals surface area contributed by atoms with E-state index in [1.54, 1.807) is 14.1 Å². The number of guanidine groups is 1. The van der Waals surface area contributed by atoms with Crippen molar-refractivity contribution in [3.63, 3.8) is 0 Å². The summed E-state index contributed by atoms with van der Waals surface area (Å²) in [7, 11) is -0.250. The topological polar surface area (TPSA) is 73.2 Å². The molecular formula is C11H25N3O3S. The van der Waals surface area contributed by atoms with Crippen LogP contribution in [0.1, 0.15) is 33.6 Å². The minimum Gasteiger partial charge on any atom is -0.346 e. The second kappa shape index (κ2) is 6.38. The van der Waals surface area contributed by atoms with Gasteiger partial charge in [-0.15, -0.1) is 4.40 Å². The van der Waals surface area contributed by atoms with Crippen molar-refractivity contribution < 1.29 is 13.6 Å². The fourth-order valence-corrected chi connectivity index (χ4v) is 1.92. The van der Waals surface area contributed by atoms with Gasteiger partial charge in [-0.25, -0.2) is 13.5 Å². The summed E-state index contributed by atoms with van der Waals surface area (Å²) in [5.41, 5.74) is 0.188. The minimum absolute atomic E-state index is 0.0337. The first-order valence-corrected chi connectivity index (χ1v) is 7.71. The van der Waals surface area contributed by atoms with Crippen molar-refractivity contribution in [1.82, 2.24) is 9.96 Å². The third kappa shape index (κ3) is 8.30. The number of hydrogen-bond donors (Lipinski definition) is 1. The Bertz CT molecular complexity index is 383. The molecule has 0 spiro atoms. The molecule has 0 saturated carbocycles. The zero-order chi connectivity index (χ0) is 14.6. The Kier molecular flexibility index (Phi) is 6.09. The van der Waals surface area contributed by atoms with Crippen LogP contribution in [0.5, 0.6) is 0 Å². The van der Waals surface area contributed by atoms with E-state index in [1.807, 2.05) is 0 Å². The van der Waals surface area contributed by atoms with E-state index >= 15 is 0 Å². The monoisotopic (exact) mass is 279 g/mol. The van der Waals surface area contributed by atoms with E-state index < -0.39 is 10.0 Å². The molecule has 0 radical (unpaired) electrons. The van der Waals surface area contributed by atoms with Crippen LogP contribution in [-0.4, -0.2) is 56.4 Å². The molecule has 0 aliphatic carbocycles. The molecule has 7 heteroatoms. The molecule has 0 rings (SSSR count). The maximum atomic E-state index is 11.1. The molecule has 0 atom stereocenters. The lowest BCUT2D eigenvalue weighted by atomic mass is 9.91. The van der Waals surface area contributed by atoms with Crippen LogP contribution in [0, 0.1) is 5.41 Å². The molecule has 0 amide bonds. The highest BCUT2D eigenvalue weighted by atomic mass is 32.2. The zero-order valence-corrected chi connectivity index (χ0v) is 13.0. The van der Waals surface area contributed by atoms with Gasteiger partial charge < -0.3 is 4.90 Å². The normalized spacial score (nSPS) is 13.6. The van der Waals surface area contributed by atoms with Crippen molar-refractivity contribution in [3.05, 3.63) is 0 Å². The summed E-state index contributed by atoms with van der Waals surface area (Å²) in [4.78, 5) is 1.47. The summed E-state index contributed by atoms with van der Waals surface area (Å²) in [5.74, 6) is 0.0337. The predicted octanol–water partition coefficient (Wildman–Crippen LogP) is 1.38. The molecule has 1 N–H and O–H groups in total. The Morgan fingerprint density at radius 1 is 1.28 bits per heavy atom. The highest BCUT2D eigenvalue weighted by Crippen LogP contribution is 2.20. The molecule has 0 aliphatic rings. The third-order valence-electron chi connectivity index (χ3n) is 2.18. The average molecular weight is 279 g/mol. The Morgan fingerprint density at radius 3 is 2.11 bits per heavy atom. The van der Waals surface area contributed by atoms with Gasteiger partial charge in [0.25, 0.3) is 10.0 Å². The molecule has 0 bridgehead atoms. The summed E-state index contributed by atoms with van der Waals surface area (Å²) < 4.78 is 25.8. The molecule has 0 saturated heterocycles. The van der Waals surface area contributed by atoms with Gasteiger partial charge in [-0.3, -0.25) is 5.21 Å². The lowest BCUT2D eigenvalue weighted by Crippen LogP contribution is -2.39. The third-order valence-corrected chi connectivity index (χ3v) is 2.67. The number of hydroxylamine groups is 2. The number of rotatable bonds is 4. The molecule has 0 aromatic heterocycles. The Balaban J connectivity index is 4.62. The van der Waals surface area contributed by atoms with E-state index in [9.17, 15) is 13.6 Å². The van der Waals surface area contributed by atoms with Gasteiger partial charge in [-0.2, -0.15) is 0 Å². The van der Waals surface area contributed by atoms with Crippen LogP contribution in [0.15, 0.2) is 4.40 Å². The Hall–Kier alpha value is -0.820. The van der Waals surface area contributed by atoms with Gasteiger partial charge in [0.1, 0.15) is 0 Å². The molecule has 18 heavy (non-hydrogen) atoms. The fourth-order valence-electron chi connectivity index (χ4n) is 1.37. The van der Waals surface area contributed by atoms with Crippen molar-refractivity contribution in [3.8, 4) is 0 Å². The Morgan fingerprint density at radius 2 is 1.78 bits per heavy atom. The maximum Gasteiger partial charge on any atom is 0.253 e. The fraction of sp³-hybridized carbons (Fsp3) is 0.909. The van der Waals surface area contributed by atoms with Crippen LogP contribution < -0.4 is 0 Å². The van der Waals surface area contributed by atoms with Gasteiger partial charge in [0, 0.05) is 20.6 Å². The highest BCUT2D eigenvalue weighted by molar-refractivity contribution is 7.89. The zero-order valence-electron chi connectivity index (χ0n) is 12.1. The van der Waals surface area contributed by atoms with Gasteiger partial charge >= 0.3 is 0 Å². The molecule has 6 nitrogen and oxygen atoms in total. The lowest BCUT2D eigenvalue weighted by molar-refractivity contribution is -0.0277. The lowest BCUT2D eigenvalue weighted by Gasteiger charge is -2.25. The van der Waals surface area contributed by atoms with Crippen molar-refractivity contribution in [1.29, 1.82) is 0 Å². The number of hydrogen-bond acceptors (Lipinski definition) is 3. The predicted molar refractivity (Wildman–Crippen MR) is 73.1 cm³/mol. The van der Waals surface area contributed by atoms with E-state index in [-0.39, 0.29) is 11.4 Å². The van der Waals surface area contributed by atoms with Gasteiger partial charge in [-0.05, 0) is 18.3 Å². The molecule has 0 heterocycles. The van der Waals surface area contributed by atoms with Gasteiger partial charge in [-0.1, -0.05) is 20.8 Å². The highest BCUT2D eigenvalue weighted by Gasteiger charge is 2.16. The minimum atomic E-state index is -3.52. The van der Waals surface area contributed by atoms with Crippen LogP contribution in [0.3, 0.4) is 0 Å². The van der Waals surface area contributed by atoms with Crippen LogP contribution in [0.2, 0.25) is 0 Å². The van der Waals surface area contributed by atoms with Crippen molar-refractivity contribution in [2.75, 3.05) is 26.9 Å². The van der Waals surface area contributed by atoms with Crippen LogP contribution >= 0.6 is 0 Å². The molecule has 0 fully saturated rings. The second-order valence-electron chi connectivity index (χ2n) is 5.81. The van der Waals surface area contributed by atoms with E-state index in [2.05, 4.69) is 25.2 Å². The van der Waals surface area contributed by atoms with Crippen molar-refractivity contribution >= 4 is 16.0 Å². The summed E-state index contributed by atoms with van der Waals surface area (Å²) in [6.07, 6.45) is 2.69. The first kappa shape index (κ1) is 17.2. The average Bonchev–Trinajstić information content (AvgIpc) is 2.09. The van der Waals surface area contributed by atoms with Crippen LogP contribution in [-0.2, 0) is 10.0 Å². The molecule has 0 aliphatic heterocycles. The summed E-state index contributed by atoms with van der Waals surface area (Å²) in [6, 6.07) is 0. The van der Waals surface area contributed by atoms with E-state index in [0.717, 1.165) is 24.2 Å².